The highest BCUT2D eigenvalue weighted by atomic mass is 79.9. The van der Waals surface area contributed by atoms with Gasteiger partial charge >= 0.3 is 0 Å². The van der Waals surface area contributed by atoms with E-state index in [-0.39, 0.29) is 0 Å². The fourth-order valence-electron chi connectivity index (χ4n) is 1.99. The van der Waals surface area contributed by atoms with E-state index in [1.807, 2.05) is 0 Å². The van der Waals surface area contributed by atoms with Gasteiger partial charge in [0, 0.05) is 14.7 Å². The van der Waals surface area contributed by atoms with E-state index in [1.165, 1.54) is 0 Å². The Labute approximate surface area is 131 Å². The van der Waals surface area contributed by atoms with E-state index in [0.29, 0.717) is 11.3 Å². The second kappa shape index (κ2) is 5.47. The molecule has 21 heavy (non-hydrogen) atoms. The summed E-state index contributed by atoms with van der Waals surface area (Å²) < 4.78 is 8.20. The molecular formula is C12H17BrN6OSi. The van der Waals surface area contributed by atoms with Gasteiger partial charge < -0.3 is 4.74 Å². The van der Waals surface area contributed by atoms with E-state index in [2.05, 4.69) is 61.1 Å². The monoisotopic (exact) mass is 368 g/mol. The zero-order valence-corrected chi connectivity index (χ0v) is 14.8. The molecule has 3 rings (SSSR count). The van der Waals surface area contributed by atoms with Crippen molar-refractivity contribution in [1.29, 1.82) is 0 Å². The lowest BCUT2D eigenvalue weighted by atomic mass is 10.3. The largest absolute Gasteiger partial charge is 0.359 e. The van der Waals surface area contributed by atoms with Crippen LogP contribution in [0.4, 0.5) is 0 Å². The number of aromatic amines is 1. The third-order valence-corrected chi connectivity index (χ3v) is 5.48. The van der Waals surface area contributed by atoms with E-state index in [0.717, 1.165) is 34.7 Å². The quantitative estimate of drug-likeness (QED) is 0.553. The first-order chi connectivity index (χ1) is 9.96. The van der Waals surface area contributed by atoms with Crippen molar-refractivity contribution in [2.75, 3.05) is 6.61 Å². The van der Waals surface area contributed by atoms with Crippen LogP contribution in [0.25, 0.3) is 22.1 Å². The molecule has 0 bridgehead atoms. The molecule has 7 nitrogen and oxygen atoms in total. The van der Waals surface area contributed by atoms with Crippen molar-refractivity contribution >= 4 is 46.1 Å². The standard InChI is InChI=1S/C12H17BrN6OSi/c1-21(2,3)5-4-20-7-19-12-10(16-18-19)9-8(6-14-12)15-17-11(9)13/h6,18H,4-5,7H2,1-3H3. The minimum absolute atomic E-state index is 0.415. The molecule has 0 aliphatic carbocycles. The van der Waals surface area contributed by atoms with Crippen LogP contribution in [0.3, 0.4) is 0 Å². The van der Waals surface area contributed by atoms with Crippen molar-refractivity contribution in [1.82, 2.24) is 30.2 Å². The lowest BCUT2D eigenvalue weighted by Crippen LogP contribution is -2.22. The fourth-order valence-corrected chi connectivity index (χ4v) is 3.22. The van der Waals surface area contributed by atoms with Gasteiger partial charge in [-0.3, -0.25) is 0 Å². The first kappa shape index (κ1) is 14.6. The Kier molecular flexibility index (Phi) is 3.80. The molecule has 3 heterocycles. The number of halogens is 1. The summed E-state index contributed by atoms with van der Waals surface area (Å²) in [4.78, 5) is 4.38. The minimum atomic E-state index is -1.07. The SMILES string of the molecule is C[Si](C)(C)CCOCn1[nH]nc2c3c(Br)nnc3cnc21. The minimum Gasteiger partial charge on any atom is -0.359 e. The Morgan fingerprint density at radius 1 is 1.33 bits per heavy atom. The van der Waals surface area contributed by atoms with Gasteiger partial charge in [-0.25, -0.2) is 14.9 Å². The van der Waals surface area contributed by atoms with E-state index in [4.69, 9.17) is 4.74 Å². The second-order valence-corrected chi connectivity index (χ2v) is 12.5. The van der Waals surface area contributed by atoms with Gasteiger partial charge in [0.2, 0.25) is 0 Å². The molecule has 0 atom stereocenters. The first-order valence-electron chi connectivity index (χ1n) is 6.75. The molecule has 0 aliphatic heterocycles. The van der Waals surface area contributed by atoms with Crippen LogP contribution in [0.5, 0.6) is 0 Å². The number of hydrogen-bond donors (Lipinski definition) is 1. The van der Waals surface area contributed by atoms with Gasteiger partial charge in [-0.2, -0.15) is 5.10 Å². The van der Waals surface area contributed by atoms with Crippen LogP contribution in [0, 0.1) is 0 Å². The topological polar surface area (TPSA) is 81.5 Å². The maximum absolute atomic E-state index is 5.73. The number of pyridine rings is 1. The van der Waals surface area contributed by atoms with E-state index in [9.17, 15) is 0 Å². The highest BCUT2D eigenvalue weighted by Crippen LogP contribution is 2.26. The summed E-state index contributed by atoms with van der Waals surface area (Å²) in [5, 5.41) is 16.1. The summed E-state index contributed by atoms with van der Waals surface area (Å²) in [6, 6.07) is 1.14. The predicted molar refractivity (Wildman–Crippen MR) is 86.8 cm³/mol. The number of nitrogens with one attached hydrogen (secondary N) is 1. The number of hydrogen-bond acceptors (Lipinski definition) is 5. The summed E-state index contributed by atoms with van der Waals surface area (Å²) in [5.74, 6) is 0. The van der Waals surface area contributed by atoms with E-state index < -0.39 is 8.07 Å². The molecule has 0 aliphatic rings. The molecule has 0 unspecified atom stereocenters. The Bertz CT molecular complexity index is 777. The third-order valence-electron chi connectivity index (χ3n) is 3.22. The lowest BCUT2D eigenvalue weighted by Gasteiger charge is -2.15. The molecule has 3 aromatic rings. The van der Waals surface area contributed by atoms with Crippen LogP contribution in [0.15, 0.2) is 10.8 Å². The van der Waals surface area contributed by atoms with Crippen molar-refractivity contribution in [2.45, 2.75) is 32.4 Å². The molecule has 0 radical (unpaired) electrons. The van der Waals surface area contributed by atoms with Crippen molar-refractivity contribution in [3.8, 4) is 0 Å². The molecule has 0 aromatic carbocycles. The Morgan fingerprint density at radius 2 is 2.14 bits per heavy atom. The fraction of sp³-hybridized carbons (Fsp3) is 0.500. The summed E-state index contributed by atoms with van der Waals surface area (Å²) >= 11 is 3.39. The highest BCUT2D eigenvalue weighted by molar-refractivity contribution is 9.10. The van der Waals surface area contributed by atoms with Crippen LogP contribution in [0.2, 0.25) is 25.7 Å². The molecule has 0 amide bonds. The van der Waals surface area contributed by atoms with Crippen LogP contribution >= 0.6 is 15.9 Å². The molecule has 3 aromatic heterocycles. The van der Waals surface area contributed by atoms with E-state index >= 15 is 0 Å². The zero-order chi connectivity index (χ0) is 15.0. The summed E-state index contributed by atoms with van der Waals surface area (Å²) in [5.41, 5.74) is 2.22. The first-order valence-corrected chi connectivity index (χ1v) is 11.2. The van der Waals surface area contributed by atoms with Crippen molar-refractivity contribution in [2.24, 2.45) is 0 Å². The summed E-state index contributed by atoms with van der Waals surface area (Å²) in [7, 11) is -1.07. The maximum Gasteiger partial charge on any atom is 0.179 e. The normalized spacial score (nSPS) is 12.6. The Morgan fingerprint density at radius 3 is 2.90 bits per heavy atom. The van der Waals surface area contributed by atoms with Crippen molar-refractivity contribution in [3.05, 3.63) is 10.8 Å². The van der Waals surface area contributed by atoms with Crippen molar-refractivity contribution < 1.29 is 4.74 Å². The summed E-state index contributed by atoms with van der Waals surface area (Å²) in [6.07, 6.45) is 1.70. The van der Waals surface area contributed by atoms with Gasteiger partial charge in [0.1, 0.15) is 22.4 Å². The molecular weight excluding hydrogens is 352 g/mol. The number of rotatable bonds is 5. The number of ether oxygens (including phenoxy) is 1. The number of fused-ring (bicyclic) bond motifs is 3. The van der Waals surface area contributed by atoms with Gasteiger partial charge in [-0.05, 0) is 22.0 Å². The highest BCUT2D eigenvalue weighted by Gasteiger charge is 2.15. The molecule has 0 saturated carbocycles. The number of H-pyrrole nitrogens is 1. The average Bonchev–Trinajstić information content (AvgIpc) is 2.98. The van der Waals surface area contributed by atoms with Crippen molar-refractivity contribution in [3.63, 3.8) is 0 Å². The maximum atomic E-state index is 5.73. The molecule has 9 heteroatoms. The van der Waals surface area contributed by atoms with Gasteiger partial charge in [0.15, 0.2) is 5.65 Å². The lowest BCUT2D eigenvalue weighted by molar-refractivity contribution is 0.0799. The van der Waals surface area contributed by atoms with Crippen LogP contribution in [-0.2, 0) is 11.5 Å². The molecule has 0 spiro atoms. The van der Waals surface area contributed by atoms with Crippen LogP contribution in [0.1, 0.15) is 0 Å². The zero-order valence-electron chi connectivity index (χ0n) is 12.2. The average molecular weight is 369 g/mol. The number of aromatic nitrogens is 6. The molecule has 112 valence electrons. The van der Waals surface area contributed by atoms with E-state index in [1.54, 1.807) is 10.9 Å². The second-order valence-electron chi connectivity index (χ2n) is 6.17. The Balaban J connectivity index is 1.81. The molecule has 1 N–H and O–H groups in total. The smallest absolute Gasteiger partial charge is 0.179 e. The number of nitrogens with zero attached hydrogens (tertiary/aromatic N) is 5. The van der Waals surface area contributed by atoms with Crippen LogP contribution < -0.4 is 0 Å². The molecule has 0 fully saturated rings. The van der Waals surface area contributed by atoms with Gasteiger partial charge in [0.25, 0.3) is 0 Å². The van der Waals surface area contributed by atoms with Gasteiger partial charge in [-0.1, -0.05) is 19.6 Å². The third kappa shape index (κ3) is 2.99. The summed E-state index contributed by atoms with van der Waals surface area (Å²) in [6.45, 7) is 8.17. The van der Waals surface area contributed by atoms with Gasteiger partial charge in [0.05, 0.1) is 11.6 Å². The van der Waals surface area contributed by atoms with Crippen LogP contribution in [-0.4, -0.2) is 44.9 Å². The molecule has 0 saturated heterocycles. The van der Waals surface area contributed by atoms with Gasteiger partial charge in [-0.15, -0.1) is 10.2 Å². The predicted octanol–water partition coefficient (Wildman–Crippen LogP) is 2.78. The Hall–Kier alpha value is -1.32.